The van der Waals surface area contributed by atoms with Gasteiger partial charge in [0, 0.05) is 29.9 Å². The van der Waals surface area contributed by atoms with Crippen LogP contribution in [-0.2, 0) is 0 Å². The van der Waals surface area contributed by atoms with Crippen molar-refractivity contribution in [3.05, 3.63) is 47.5 Å². The van der Waals surface area contributed by atoms with E-state index < -0.39 is 0 Å². The van der Waals surface area contributed by atoms with E-state index in [9.17, 15) is 4.39 Å². The Hall–Kier alpha value is -1.72. The Kier molecular flexibility index (Phi) is 5.69. The van der Waals surface area contributed by atoms with Crippen LogP contribution >= 0.6 is 0 Å². The molecule has 0 spiro atoms. The largest absolute Gasteiger partial charge is 0.396 e. The van der Waals surface area contributed by atoms with Crippen LogP contribution < -0.4 is 5.32 Å². The Labute approximate surface area is 131 Å². The molecule has 4 nitrogen and oxygen atoms in total. The Bertz CT molecular complexity index is 594. The third-order valence-corrected chi connectivity index (χ3v) is 3.92. The van der Waals surface area contributed by atoms with Gasteiger partial charge >= 0.3 is 0 Å². The van der Waals surface area contributed by atoms with Crippen LogP contribution in [0.25, 0.3) is 5.69 Å². The monoisotopic (exact) mass is 305 g/mol. The van der Waals surface area contributed by atoms with E-state index in [2.05, 4.69) is 24.3 Å². The van der Waals surface area contributed by atoms with Crippen LogP contribution in [0.5, 0.6) is 0 Å². The molecule has 2 unspecified atom stereocenters. The summed E-state index contributed by atoms with van der Waals surface area (Å²) in [4.78, 5) is 0. The highest BCUT2D eigenvalue weighted by molar-refractivity contribution is 5.35. The second-order valence-corrected chi connectivity index (χ2v) is 5.73. The van der Waals surface area contributed by atoms with Crippen LogP contribution in [0.15, 0.2) is 30.5 Å². The van der Waals surface area contributed by atoms with Gasteiger partial charge in [-0.3, -0.25) is 0 Å². The van der Waals surface area contributed by atoms with E-state index >= 15 is 0 Å². The van der Waals surface area contributed by atoms with Crippen molar-refractivity contribution in [2.24, 2.45) is 0 Å². The van der Waals surface area contributed by atoms with Crippen molar-refractivity contribution < 1.29 is 9.50 Å². The van der Waals surface area contributed by atoms with E-state index in [4.69, 9.17) is 5.11 Å². The first kappa shape index (κ1) is 16.6. The van der Waals surface area contributed by atoms with Crippen molar-refractivity contribution in [1.82, 2.24) is 15.1 Å². The maximum Gasteiger partial charge on any atom is 0.123 e. The number of rotatable bonds is 7. The van der Waals surface area contributed by atoms with Gasteiger partial charge in [0.05, 0.1) is 11.9 Å². The lowest BCUT2D eigenvalue weighted by atomic mass is 10.1. The van der Waals surface area contributed by atoms with Gasteiger partial charge in [-0.2, -0.15) is 5.10 Å². The third-order valence-electron chi connectivity index (χ3n) is 3.92. The summed E-state index contributed by atoms with van der Waals surface area (Å²) in [7, 11) is 0. The van der Waals surface area contributed by atoms with Gasteiger partial charge in [0.15, 0.2) is 0 Å². The normalized spacial score (nSPS) is 14.0. The fourth-order valence-electron chi connectivity index (χ4n) is 2.69. The van der Waals surface area contributed by atoms with Crippen molar-refractivity contribution in [3.8, 4) is 5.69 Å². The standard InChI is InChI=1S/C17H24FN3O/c1-12(5-4-10-22)20-13(2)17-11-19-21(14(17)3)16-8-6-15(18)7-9-16/h6-9,11-13,20,22H,4-5,10H2,1-3H3. The molecule has 2 aromatic rings. The lowest BCUT2D eigenvalue weighted by Gasteiger charge is -2.19. The third kappa shape index (κ3) is 3.93. The fourth-order valence-corrected chi connectivity index (χ4v) is 2.69. The number of benzene rings is 1. The van der Waals surface area contributed by atoms with Gasteiger partial charge in [0.1, 0.15) is 5.82 Å². The summed E-state index contributed by atoms with van der Waals surface area (Å²) < 4.78 is 14.8. The number of hydrogen-bond donors (Lipinski definition) is 2. The smallest absolute Gasteiger partial charge is 0.123 e. The zero-order valence-electron chi connectivity index (χ0n) is 13.4. The number of nitrogens with one attached hydrogen (secondary N) is 1. The van der Waals surface area contributed by atoms with Gasteiger partial charge in [-0.05, 0) is 57.9 Å². The maximum absolute atomic E-state index is 13.0. The lowest BCUT2D eigenvalue weighted by molar-refractivity contribution is 0.274. The van der Waals surface area contributed by atoms with E-state index in [0.29, 0.717) is 6.04 Å². The first-order chi connectivity index (χ1) is 10.5. The second-order valence-electron chi connectivity index (χ2n) is 5.73. The summed E-state index contributed by atoms with van der Waals surface area (Å²) >= 11 is 0. The lowest BCUT2D eigenvalue weighted by Crippen LogP contribution is -2.29. The zero-order valence-corrected chi connectivity index (χ0v) is 13.4. The fraction of sp³-hybridized carbons (Fsp3) is 0.471. The summed E-state index contributed by atoms with van der Waals surface area (Å²) in [5.74, 6) is -0.249. The van der Waals surface area contributed by atoms with Crippen LogP contribution in [-0.4, -0.2) is 27.5 Å². The Balaban J connectivity index is 2.11. The average Bonchev–Trinajstić information content (AvgIpc) is 2.88. The van der Waals surface area contributed by atoms with E-state index in [-0.39, 0.29) is 18.5 Å². The van der Waals surface area contributed by atoms with Crippen LogP contribution in [0.1, 0.15) is 44.0 Å². The van der Waals surface area contributed by atoms with Crippen LogP contribution in [0, 0.1) is 12.7 Å². The molecule has 22 heavy (non-hydrogen) atoms. The molecule has 1 heterocycles. The molecule has 0 bridgehead atoms. The number of aliphatic hydroxyl groups excluding tert-OH is 1. The highest BCUT2D eigenvalue weighted by atomic mass is 19.1. The highest BCUT2D eigenvalue weighted by Gasteiger charge is 2.16. The molecule has 5 heteroatoms. The molecule has 0 aliphatic heterocycles. The van der Waals surface area contributed by atoms with Gasteiger partial charge in [-0.25, -0.2) is 9.07 Å². The second kappa shape index (κ2) is 7.51. The minimum Gasteiger partial charge on any atom is -0.396 e. The van der Waals surface area contributed by atoms with Crippen molar-refractivity contribution in [1.29, 1.82) is 0 Å². The molecular formula is C17H24FN3O. The van der Waals surface area contributed by atoms with E-state index in [0.717, 1.165) is 29.8 Å². The Morgan fingerprint density at radius 3 is 2.59 bits per heavy atom. The van der Waals surface area contributed by atoms with Crippen LogP contribution in [0.2, 0.25) is 0 Å². The predicted molar refractivity (Wildman–Crippen MR) is 85.6 cm³/mol. The number of nitrogens with zero attached hydrogens (tertiary/aromatic N) is 2. The molecule has 0 saturated heterocycles. The van der Waals surface area contributed by atoms with E-state index in [1.807, 2.05) is 17.8 Å². The quantitative estimate of drug-likeness (QED) is 0.826. The number of aliphatic hydroxyl groups is 1. The SMILES string of the molecule is Cc1c(C(C)NC(C)CCCO)cnn1-c1ccc(F)cc1. The number of halogens is 1. The van der Waals surface area contributed by atoms with Crippen molar-refractivity contribution >= 4 is 0 Å². The van der Waals surface area contributed by atoms with Crippen LogP contribution in [0.4, 0.5) is 4.39 Å². The minimum absolute atomic E-state index is 0.169. The number of aromatic nitrogens is 2. The topological polar surface area (TPSA) is 50.1 Å². The molecule has 0 aliphatic rings. The van der Waals surface area contributed by atoms with Crippen molar-refractivity contribution in [3.63, 3.8) is 0 Å². The first-order valence-corrected chi connectivity index (χ1v) is 7.70. The Morgan fingerprint density at radius 1 is 1.27 bits per heavy atom. The zero-order chi connectivity index (χ0) is 16.1. The molecule has 0 amide bonds. The van der Waals surface area contributed by atoms with Crippen LogP contribution in [0.3, 0.4) is 0 Å². The van der Waals surface area contributed by atoms with Gasteiger partial charge in [0.25, 0.3) is 0 Å². The molecule has 2 atom stereocenters. The Morgan fingerprint density at radius 2 is 1.95 bits per heavy atom. The molecule has 0 aliphatic carbocycles. The summed E-state index contributed by atoms with van der Waals surface area (Å²) in [5.41, 5.74) is 3.02. The molecule has 0 radical (unpaired) electrons. The molecule has 1 aromatic carbocycles. The molecular weight excluding hydrogens is 281 g/mol. The van der Waals surface area contributed by atoms with Gasteiger partial charge < -0.3 is 10.4 Å². The van der Waals surface area contributed by atoms with Crippen molar-refractivity contribution in [2.45, 2.75) is 45.7 Å². The average molecular weight is 305 g/mol. The summed E-state index contributed by atoms with van der Waals surface area (Å²) in [6.07, 6.45) is 3.59. The molecule has 0 fully saturated rings. The molecule has 2 N–H and O–H groups in total. The number of hydrogen-bond acceptors (Lipinski definition) is 3. The maximum atomic E-state index is 13.0. The van der Waals surface area contributed by atoms with Gasteiger partial charge in [-0.1, -0.05) is 0 Å². The summed E-state index contributed by atoms with van der Waals surface area (Å²) in [6.45, 7) is 6.46. The minimum atomic E-state index is -0.249. The molecule has 2 rings (SSSR count). The molecule has 1 aromatic heterocycles. The van der Waals surface area contributed by atoms with Gasteiger partial charge in [0.2, 0.25) is 0 Å². The molecule has 120 valence electrons. The van der Waals surface area contributed by atoms with E-state index in [1.165, 1.54) is 12.1 Å². The predicted octanol–water partition coefficient (Wildman–Crippen LogP) is 3.13. The highest BCUT2D eigenvalue weighted by Crippen LogP contribution is 2.21. The summed E-state index contributed by atoms with van der Waals surface area (Å²) in [6, 6.07) is 6.82. The molecule has 0 saturated carbocycles. The summed E-state index contributed by atoms with van der Waals surface area (Å²) in [5, 5.41) is 16.8. The van der Waals surface area contributed by atoms with Gasteiger partial charge in [-0.15, -0.1) is 0 Å². The first-order valence-electron chi connectivity index (χ1n) is 7.70. The van der Waals surface area contributed by atoms with E-state index in [1.54, 1.807) is 12.1 Å². The van der Waals surface area contributed by atoms with Crippen molar-refractivity contribution in [2.75, 3.05) is 6.61 Å².